The maximum absolute atomic E-state index is 13.2. The van der Waals surface area contributed by atoms with Gasteiger partial charge in [-0.25, -0.2) is 12.8 Å². The molecule has 0 unspecified atom stereocenters. The molecule has 0 aliphatic carbocycles. The fraction of sp³-hybridized carbons (Fsp3) is 0.333. The third-order valence-electron chi connectivity index (χ3n) is 4.04. The van der Waals surface area contributed by atoms with E-state index in [4.69, 9.17) is 0 Å². The second-order valence-electron chi connectivity index (χ2n) is 6.01. The molecule has 1 heterocycles. The van der Waals surface area contributed by atoms with Crippen LogP contribution in [-0.2, 0) is 19.4 Å². The summed E-state index contributed by atoms with van der Waals surface area (Å²) in [7, 11) is -3.82. The molecule has 0 aliphatic rings. The van der Waals surface area contributed by atoms with Gasteiger partial charge in [0, 0.05) is 12.6 Å². The van der Waals surface area contributed by atoms with Crippen molar-refractivity contribution >= 4 is 33.0 Å². The molecule has 2 amide bonds. The zero-order valence-electron chi connectivity index (χ0n) is 14.9. The average molecular weight is 413 g/mol. The van der Waals surface area contributed by atoms with Crippen LogP contribution in [0.15, 0.2) is 46.0 Å². The molecule has 1 aromatic heterocycles. The van der Waals surface area contributed by atoms with Crippen LogP contribution in [-0.4, -0.2) is 32.8 Å². The highest BCUT2D eigenvalue weighted by atomic mass is 32.2. The van der Waals surface area contributed by atoms with E-state index in [1.165, 1.54) is 18.2 Å². The maximum Gasteiger partial charge on any atom is 0.309 e. The predicted molar refractivity (Wildman–Crippen MR) is 102 cm³/mol. The number of carbonyl (C=O) groups is 2. The Labute approximate surface area is 161 Å². The number of carbonyl (C=O) groups excluding carboxylic acids is 2. The molecule has 0 fully saturated rings. The molecule has 0 saturated carbocycles. The number of halogens is 1. The van der Waals surface area contributed by atoms with Gasteiger partial charge in [0.05, 0.1) is 0 Å². The van der Waals surface area contributed by atoms with Crippen molar-refractivity contribution < 1.29 is 22.4 Å². The van der Waals surface area contributed by atoms with Gasteiger partial charge in [-0.2, -0.15) is 0 Å². The lowest BCUT2D eigenvalue weighted by atomic mass is 10.1. The third kappa shape index (κ3) is 5.36. The van der Waals surface area contributed by atoms with Gasteiger partial charge in [0.15, 0.2) is 9.84 Å². The highest BCUT2D eigenvalue weighted by Gasteiger charge is 2.31. The number of amides is 2. The first-order chi connectivity index (χ1) is 12.8. The summed E-state index contributed by atoms with van der Waals surface area (Å²) in [6, 6.07) is 7.93. The molecular formula is C18H21FN2O4S2. The van der Waals surface area contributed by atoms with E-state index in [-0.39, 0.29) is 16.8 Å². The summed E-state index contributed by atoms with van der Waals surface area (Å²) >= 11 is 1.05. The SMILES string of the molecule is CC[C@@H](C)NC(=O)C(=O)NC[C@@H](c1ccc(F)cc1)S(=O)(=O)c1cccs1. The summed E-state index contributed by atoms with van der Waals surface area (Å²) in [5, 5.41) is 5.38. The van der Waals surface area contributed by atoms with Crippen LogP contribution in [0.4, 0.5) is 4.39 Å². The minimum absolute atomic E-state index is 0.134. The van der Waals surface area contributed by atoms with Gasteiger partial charge in [0.1, 0.15) is 15.3 Å². The van der Waals surface area contributed by atoms with E-state index in [9.17, 15) is 22.4 Å². The number of rotatable bonds is 7. The normalized spacial score (nSPS) is 13.6. The third-order valence-corrected chi connectivity index (χ3v) is 7.57. The van der Waals surface area contributed by atoms with E-state index in [1.54, 1.807) is 18.4 Å². The molecule has 27 heavy (non-hydrogen) atoms. The van der Waals surface area contributed by atoms with E-state index in [2.05, 4.69) is 10.6 Å². The number of hydrogen-bond donors (Lipinski definition) is 2. The Kier molecular flexibility index (Phi) is 7.09. The number of sulfone groups is 1. The van der Waals surface area contributed by atoms with E-state index in [0.29, 0.717) is 12.0 Å². The molecule has 2 atom stereocenters. The minimum atomic E-state index is -3.82. The van der Waals surface area contributed by atoms with Gasteiger partial charge >= 0.3 is 11.8 Å². The standard InChI is InChI=1S/C18H21FN2O4S2/c1-3-12(2)21-18(23)17(22)20-11-15(13-6-8-14(19)9-7-13)27(24,25)16-5-4-10-26-16/h4-10,12,15H,3,11H2,1-2H3,(H,20,22)(H,21,23)/t12-,15+/m1/s1. The number of hydrogen-bond acceptors (Lipinski definition) is 5. The van der Waals surface area contributed by atoms with Crippen LogP contribution >= 0.6 is 11.3 Å². The Bertz CT molecular complexity index is 881. The molecule has 0 saturated heterocycles. The predicted octanol–water partition coefficient (Wildman–Crippen LogP) is 2.43. The first-order valence-electron chi connectivity index (χ1n) is 8.37. The van der Waals surface area contributed by atoms with Crippen molar-refractivity contribution in [1.82, 2.24) is 10.6 Å². The number of thiophene rings is 1. The first kappa shape index (κ1) is 21.0. The molecule has 1 aromatic carbocycles. The van der Waals surface area contributed by atoms with Crippen molar-refractivity contribution in [2.45, 2.75) is 35.8 Å². The molecule has 0 radical (unpaired) electrons. The monoisotopic (exact) mass is 412 g/mol. The Morgan fingerprint density at radius 1 is 1.15 bits per heavy atom. The molecule has 0 bridgehead atoms. The fourth-order valence-corrected chi connectivity index (χ4v) is 5.17. The van der Waals surface area contributed by atoms with Crippen molar-refractivity contribution in [3.8, 4) is 0 Å². The summed E-state index contributed by atoms with van der Waals surface area (Å²) in [4.78, 5) is 23.9. The number of nitrogens with one attached hydrogen (secondary N) is 2. The lowest BCUT2D eigenvalue weighted by molar-refractivity contribution is -0.139. The molecular weight excluding hydrogens is 391 g/mol. The highest BCUT2D eigenvalue weighted by Crippen LogP contribution is 2.31. The molecule has 0 spiro atoms. The minimum Gasteiger partial charge on any atom is -0.346 e. The van der Waals surface area contributed by atoms with Crippen LogP contribution in [0.1, 0.15) is 31.1 Å². The van der Waals surface area contributed by atoms with Crippen molar-refractivity contribution in [1.29, 1.82) is 0 Å². The highest BCUT2D eigenvalue weighted by molar-refractivity contribution is 7.93. The summed E-state index contributed by atoms with van der Waals surface area (Å²) in [6.07, 6.45) is 0.657. The van der Waals surface area contributed by atoms with Crippen LogP contribution in [0.5, 0.6) is 0 Å². The van der Waals surface area contributed by atoms with Gasteiger partial charge in [-0.1, -0.05) is 25.1 Å². The zero-order valence-corrected chi connectivity index (χ0v) is 16.6. The number of benzene rings is 1. The van der Waals surface area contributed by atoms with Crippen LogP contribution in [0, 0.1) is 5.82 Å². The maximum atomic E-state index is 13.2. The lowest BCUT2D eigenvalue weighted by Gasteiger charge is -2.18. The molecule has 0 aliphatic heterocycles. The van der Waals surface area contributed by atoms with E-state index >= 15 is 0 Å². The van der Waals surface area contributed by atoms with Crippen molar-refractivity contribution in [3.05, 3.63) is 53.2 Å². The Morgan fingerprint density at radius 2 is 1.81 bits per heavy atom. The lowest BCUT2D eigenvalue weighted by Crippen LogP contribution is -2.45. The largest absolute Gasteiger partial charge is 0.346 e. The fourth-order valence-electron chi connectivity index (χ4n) is 2.31. The topological polar surface area (TPSA) is 92.3 Å². The summed E-state index contributed by atoms with van der Waals surface area (Å²) in [5.74, 6) is -2.23. The van der Waals surface area contributed by atoms with Gasteiger partial charge in [-0.3, -0.25) is 9.59 Å². The van der Waals surface area contributed by atoms with E-state index in [1.807, 2.05) is 6.92 Å². The van der Waals surface area contributed by atoms with E-state index < -0.39 is 32.7 Å². The smallest absolute Gasteiger partial charge is 0.309 e. The van der Waals surface area contributed by atoms with Gasteiger partial charge in [0.2, 0.25) is 0 Å². The summed E-state index contributed by atoms with van der Waals surface area (Å²) in [5.41, 5.74) is 0.326. The van der Waals surface area contributed by atoms with Crippen LogP contribution in [0.3, 0.4) is 0 Å². The quantitative estimate of drug-likeness (QED) is 0.683. The average Bonchev–Trinajstić information content (AvgIpc) is 3.18. The molecule has 2 N–H and O–H groups in total. The van der Waals surface area contributed by atoms with Crippen molar-refractivity contribution in [2.75, 3.05) is 6.54 Å². The van der Waals surface area contributed by atoms with Crippen LogP contribution in [0.25, 0.3) is 0 Å². The van der Waals surface area contributed by atoms with Gasteiger partial charge < -0.3 is 10.6 Å². The van der Waals surface area contributed by atoms with Gasteiger partial charge in [-0.05, 0) is 42.5 Å². The Hall–Kier alpha value is -2.26. The summed E-state index contributed by atoms with van der Waals surface area (Å²) in [6.45, 7) is 3.31. The molecule has 2 rings (SSSR count). The Balaban J connectivity index is 2.22. The van der Waals surface area contributed by atoms with Gasteiger partial charge in [-0.15, -0.1) is 11.3 Å². The molecule has 9 heteroatoms. The zero-order chi connectivity index (χ0) is 20.0. The first-order valence-corrected chi connectivity index (χ1v) is 10.8. The molecule has 146 valence electrons. The summed E-state index contributed by atoms with van der Waals surface area (Å²) < 4.78 is 39.3. The van der Waals surface area contributed by atoms with Crippen LogP contribution in [0.2, 0.25) is 0 Å². The Morgan fingerprint density at radius 3 is 2.37 bits per heavy atom. The second kappa shape index (κ2) is 9.09. The van der Waals surface area contributed by atoms with E-state index in [0.717, 1.165) is 23.5 Å². The second-order valence-corrected chi connectivity index (χ2v) is 9.32. The van der Waals surface area contributed by atoms with Crippen molar-refractivity contribution in [3.63, 3.8) is 0 Å². The van der Waals surface area contributed by atoms with Crippen LogP contribution < -0.4 is 10.6 Å². The molecule has 2 aromatic rings. The molecule has 6 nitrogen and oxygen atoms in total. The van der Waals surface area contributed by atoms with Crippen molar-refractivity contribution in [2.24, 2.45) is 0 Å². The van der Waals surface area contributed by atoms with Gasteiger partial charge in [0.25, 0.3) is 0 Å².